The van der Waals surface area contributed by atoms with Gasteiger partial charge in [0.15, 0.2) is 5.58 Å². The standard InChI is InChI=1S/C16H14BrN3O2/c1-10-8-11(17)6-7-13(10)19-16(21)18-9-14-12-4-2-3-5-15(12)22-20-14/h2-8H,9H2,1H3,(H2,18,19,21). The second-order valence-corrected chi connectivity index (χ2v) is 5.81. The number of carbonyl (C=O) groups excluding carboxylic acids is 1. The van der Waals surface area contributed by atoms with Crippen molar-refractivity contribution >= 4 is 38.6 Å². The van der Waals surface area contributed by atoms with Crippen LogP contribution in [0.25, 0.3) is 11.0 Å². The number of rotatable bonds is 3. The molecule has 2 amide bonds. The van der Waals surface area contributed by atoms with Crippen LogP contribution < -0.4 is 10.6 Å². The maximum Gasteiger partial charge on any atom is 0.319 e. The van der Waals surface area contributed by atoms with Crippen molar-refractivity contribution in [1.82, 2.24) is 10.5 Å². The highest BCUT2D eigenvalue weighted by molar-refractivity contribution is 9.10. The van der Waals surface area contributed by atoms with Crippen molar-refractivity contribution in [2.24, 2.45) is 0 Å². The van der Waals surface area contributed by atoms with Crippen LogP contribution in [0.3, 0.4) is 0 Å². The van der Waals surface area contributed by atoms with Gasteiger partial charge in [0.05, 0.1) is 6.54 Å². The van der Waals surface area contributed by atoms with Gasteiger partial charge in [0, 0.05) is 15.5 Å². The topological polar surface area (TPSA) is 67.2 Å². The van der Waals surface area contributed by atoms with E-state index in [0.717, 1.165) is 21.1 Å². The SMILES string of the molecule is Cc1cc(Br)ccc1NC(=O)NCc1noc2ccccc12. The minimum atomic E-state index is -0.280. The lowest BCUT2D eigenvalue weighted by atomic mass is 10.2. The zero-order valence-electron chi connectivity index (χ0n) is 11.9. The molecule has 0 aliphatic rings. The van der Waals surface area contributed by atoms with Gasteiger partial charge in [0.1, 0.15) is 5.69 Å². The molecule has 1 heterocycles. The first-order chi connectivity index (χ1) is 10.6. The molecule has 0 aliphatic carbocycles. The van der Waals surface area contributed by atoms with Crippen molar-refractivity contribution in [3.05, 3.63) is 58.2 Å². The summed E-state index contributed by atoms with van der Waals surface area (Å²) in [6.07, 6.45) is 0. The average molecular weight is 360 g/mol. The molecule has 1 aromatic heterocycles. The Morgan fingerprint density at radius 3 is 2.91 bits per heavy atom. The molecule has 0 spiro atoms. The third kappa shape index (κ3) is 3.12. The van der Waals surface area contributed by atoms with Crippen molar-refractivity contribution in [3.63, 3.8) is 0 Å². The number of amides is 2. The number of nitrogens with zero attached hydrogens (tertiary/aromatic N) is 1. The van der Waals surface area contributed by atoms with E-state index in [9.17, 15) is 4.79 Å². The van der Waals surface area contributed by atoms with E-state index in [-0.39, 0.29) is 6.03 Å². The summed E-state index contributed by atoms with van der Waals surface area (Å²) >= 11 is 3.40. The van der Waals surface area contributed by atoms with Gasteiger partial charge in [-0.3, -0.25) is 0 Å². The molecule has 2 aromatic carbocycles. The highest BCUT2D eigenvalue weighted by atomic mass is 79.9. The smallest absolute Gasteiger partial charge is 0.319 e. The van der Waals surface area contributed by atoms with Crippen LogP contribution in [0.15, 0.2) is 51.5 Å². The summed E-state index contributed by atoms with van der Waals surface area (Å²) in [5.41, 5.74) is 3.17. The highest BCUT2D eigenvalue weighted by Gasteiger charge is 2.09. The minimum absolute atomic E-state index is 0.280. The second-order valence-electron chi connectivity index (χ2n) is 4.89. The molecule has 0 saturated carbocycles. The third-order valence-corrected chi connectivity index (χ3v) is 3.80. The molecule has 22 heavy (non-hydrogen) atoms. The van der Waals surface area contributed by atoms with Gasteiger partial charge in [0.25, 0.3) is 0 Å². The highest BCUT2D eigenvalue weighted by Crippen LogP contribution is 2.20. The van der Waals surface area contributed by atoms with Crippen molar-refractivity contribution in [2.75, 3.05) is 5.32 Å². The monoisotopic (exact) mass is 359 g/mol. The van der Waals surface area contributed by atoms with Gasteiger partial charge in [-0.25, -0.2) is 4.79 Å². The van der Waals surface area contributed by atoms with E-state index in [1.54, 1.807) is 0 Å². The van der Waals surface area contributed by atoms with Crippen molar-refractivity contribution < 1.29 is 9.32 Å². The van der Waals surface area contributed by atoms with E-state index in [1.807, 2.05) is 49.4 Å². The van der Waals surface area contributed by atoms with E-state index in [0.29, 0.717) is 17.8 Å². The fraction of sp³-hybridized carbons (Fsp3) is 0.125. The number of benzene rings is 2. The van der Waals surface area contributed by atoms with Crippen LogP contribution in [0.5, 0.6) is 0 Å². The lowest BCUT2D eigenvalue weighted by Gasteiger charge is -2.09. The maximum atomic E-state index is 12.0. The maximum absolute atomic E-state index is 12.0. The number of nitrogens with one attached hydrogen (secondary N) is 2. The zero-order valence-corrected chi connectivity index (χ0v) is 13.5. The van der Waals surface area contributed by atoms with Crippen molar-refractivity contribution in [2.45, 2.75) is 13.5 Å². The van der Waals surface area contributed by atoms with Crippen molar-refractivity contribution in [3.8, 4) is 0 Å². The minimum Gasteiger partial charge on any atom is -0.356 e. The number of aromatic nitrogens is 1. The second kappa shape index (κ2) is 6.19. The molecular weight excluding hydrogens is 346 g/mol. The summed E-state index contributed by atoms with van der Waals surface area (Å²) in [6.45, 7) is 2.24. The molecular formula is C16H14BrN3O2. The number of para-hydroxylation sites is 1. The molecule has 0 aliphatic heterocycles. The summed E-state index contributed by atoms with van der Waals surface area (Å²) in [4.78, 5) is 12.0. The Kier molecular flexibility index (Phi) is 4.11. The molecule has 0 saturated heterocycles. The fourth-order valence-electron chi connectivity index (χ4n) is 2.16. The van der Waals surface area contributed by atoms with Gasteiger partial charge in [-0.2, -0.15) is 0 Å². The molecule has 2 N–H and O–H groups in total. The normalized spacial score (nSPS) is 10.6. The van der Waals surface area contributed by atoms with Crippen LogP contribution in [-0.2, 0) is 6.54 Å². The zero-order chi connectivity index (χ0) is 15.5. The van der Waals surface area contributed by atoms with Crippen LogP contribution in [0.2, 0.25) is 0 Å². The van der Waals surface area contributed by atoms with Gasteiger partial charge in [-0.1, -0.05) is 33.2 Å². The molecule has 6 heteroatoms. The molecule has 5 nitrogen and oxygen atoms in total. The number of fused-ring (bicyclic) bond motifs is 1. The Morgan fingerprint density at radius 1 is 1.27 bits per heavy atom. The average Bonchev–Trinajstić information content (AvgIpc) is 2.91. The molecule has 0 bridgehead atoms. The largest absolute Gasteiger partial charge is 0.356 e. The van der Waals surface area contributed by atoms with E-state index < -0.39 is 0 Å². The van der Waals surface area contributed by atoms with Crippen molar-refractivity contribution in [1.29, 1.82) is 0 Å². The summed E-state index contributed by atoms with van der Waals surface area (Å²) in [5.74, 6) is 0. The van der Waals surface area contributed by atoms with Crippen LogP contribution in [0.1, 0.15) is 11.3 Å². The Morgan fingerprint density at radius 2 is 2.09 bits per heavy atom. The van der Waals surface area contributed by atoms with E-state index in [4.69, 9.17) is 4.52 Å². The lowest BCUT2D eigenvalue weighted by Crippen LogP contribution is -2.28. The number of anilines is 1. The van der Waals surface area contributed by atoms with Gasteiger partial charge >= 0.3 is 6.03 Å². The number of urea groups is 1. The van der Waals surface area contributed by atoms with E-state index in [1.165, 1.54) is 0 Å². The number of hydrogen-bond donors (Lipinski definition) is 2. The predicted molar refractivity (Wildman–Crippen MR) is 88.7 cm³/mol. The van der Waals surface area contributed by atoms with Crippen LogP contribution in [0, 0.1) is 6.92 Å². The molecule has 3 aromatic rings. The first kappa shape index (κ1) is 14.6. The Labute approximate surface area is 135 Å². The van der Waals surface area contributed by atoms with Crippen LogP contribution in [-0.4, -0.2) is 11.2 Å². The molecule has 0 unspecified atom stereocenters. The summed E-state index contributed by atoms with van der Waals surface area (Å²) in [7, 11) is 0. The predicted octanol–water partition coefficient (Wildman–Crippen LogP) is 4.22. The first-order valence-corrected chi connectivity index (χ1v) is 7.57. The van der Waals surface area contributed by atoms with Gasteiger partial charge < -0.3 is 15.2 Å². The van der Waals surface area contributed by atoms with Gasteiger partial charge in [0.2, 0.25) is 0 Å². The van der Waals surface area contributed by atoms with Crippen LogP contribution in [0.4, 0.5) is 10.5 Å². The van der Waals surface area contributed by atoms with Gasteiger partial charge in [-0.15, -0.1) is 0 Å². The molecule has 0 fully saturated rings. The Bertz CT molecular complexity index is 829. The third-order valence-electron chi connectivity index (χ3n) is 3.31. The summed E-state index contributed by atoms with van der Waals surface area (Å²) < 4.78 is 6.18. The summed E-state index contributed by atoms with van der Waals surface area (Å²) in [5, 5.41) is 10.5. The Hall–Kier alpha value is -2.34. The number of aryl methyl sites for hydroxylation is 1. The molecule has 112 valence electrons. The van der Waals surface area contributed by atoms with E-state index >= 15 is 0 Å². The van der Waals surface area contributed by atoms with Crippen LogP contribution >= 0.6 is 15.9 Å². The molecule has 3 rings (SSSR count). The number of carbonyl (C=O) groups is 1. The fourth-order valence-corrected chi connectivity index (χ4v) is 2.64. The molecule has 0 radical (unpaired) electrons. The molecule has 0 atom stereocenters. The summed E-state index contributed by atoms with van der Waals surface area (Å²) in [6, 6.07) is 13.0. The Balaban J connectivity index is 1.65. The van der Waals surface area contributed by atoms with E-state index in [2.05, 4.69) is 31.7 Å². The first-order valence-electron chi connectivity index (χ1n) is 6.78. The number of hydrogen-bond acceptors (Lipinski definition) is 3. The quantitative estimate of drug-likeness (QED) is 0.735. The van der Waals surface area contributed by atoms with Gasteiger partial charge in [-0.05, 0) is 42.8 Å². The lowest BCUT2D eigenvalue weighted by molar-refractivity contribution is 0.251. The number of halogens is 1.